The highest BCUT2D eigenvalue weighted by Gasteiger charge is 2.22. The number of nitrogens with one attached hydrogen (secondary N) is 2. The summed E-state index contributed by atoms with van der Waals surface area (Å²) >= 11 is 0. The molecular formula is C17H32N2O3. The molecule has 1 aliphatic carbocycles. The largest absolute Gasteiger partial charge is 0.394 e. The molecule has 1 saturated carbocycles. The third-order valence-corrected chi connectivity index (χ3v) is 4.29. The van der Waals surface area contributed by atoms with Gasteiger partial charge >= 0.3 is 0 Å². The first-order valence-corrected chi connectivity index (χ1v) is 8.63. The van der Waals surface area contributed by atoms with E-state index in [2.05, 4.69) is 10.6 Å². The molecule has 1 aliphatic rings. The molecule has 0 aliphatic heterocycles. The molecular weight excluding hydrogens is 280 g/mol. The normalized spacial score (nSPS) is 18.8. The Hall–Kier alpha value is -1.10. The van der Waals surface area contributed by atoms with E-state index in [1.54, 1.807) is 6.92 Å². The lowest BCUT2D eigenvalue weighted by molar-refractivity contribution is -0.129. The van der Waals surface area contributed by atoms with Crippen LogP contribution in [0.5, 0.6) is 0 Å². The van der Waals surface area contributed by atoms with E-state index in [-0.39, 0.29) is 24.5 Å². The van der Waals surface area contributed by atoms with Gasteiger partial charge in [-0.2, -0.15) is 0 Å². The lowest BCUT2D eigenvalue weighted by Gasteiger charge is -2.23. The molecule has 22 heavy (non-hydrogen) atoms. The van der Waals surface area contributed by atoms with E-state index in [1.165, 1.54) is 19.3 Å². The van der Waals surface area contributed by atoms with Crippen LogP contribution in [-0.4, -0.2) is 35.6 Å². The first-order valence-electron chi connectivity index (χ1n) is 8.63. The van der Waals surface area contributed by atoms with Crippen LogP contribution < -0.4 is 10.6 Å². The van der Waals surface area contributed by atoms with Crippen LogP contribution in [0.15, 0.2) is 0 Å². The van der Waals surface area contributed by atoms with Crippen molar-refractivity contribution in [3.63, 3.8) is 0 Å². The third kappa shape index (κ3) is 7.25. The number of hydrogen-bond donors (Lipinski definition) is 3. The minimum atomic E-state index is -0.558. The molecule has 5 heteroatoms. The second kappa shape index (κ2) is 9.82. The zero-order chi connectivity index (χ0) is 16.5. The van der Waals surface area contributed by atoms with E-state index in [0.29, 0.717) is 18.3 Å². The molecule has 2 amide bonds. The lowest BCUT2D eigenvalue weighted by Crippen LogP contribution is -2.49. The van der Waals surface area contributed by atoms with Gasteiger partial charge < -0.3 is 15.7 Å². The minimum Gasteiger partial charge on any atom is -0.394 e. The fraction of sp³-hybridized carbons (Fsp3) is 0.882. The zero-order valence-electron chi connectivity index (χ0n) is 14.2. The van der Waals surface area contributed by atoms with Crippen molar-refractivity contribution in [1.82, 2.24) is 10.6 Å². The Morgan fingerprint density at radius 2 is 1.73 bits per heavy atom. The first kappa shape index (κ1) is 18.9. The van der Waals surface area contributed by atoms with Crippen molar-refractivity contribution in [2.45, 2.75) is 77.8 Å². The predicted molar refractivity (Wildman–Crippen MR) is 87.3 cm³/mol. The summed E-state index contributed by atoms with van der Waals surface area (Å²) in [4.78, 5) is 24.1. The van der Waals surface area contributed by atoms with Gasteiger partial charge in [-0.05, 0) is 38.0 Å². The minimum absolute atomic E-state index is 0.0426. The highest BCUT2D eigenvalue weighted by molar-refractivity contribution is 5.87. The molecule has 0 radical (unpaired) electrons. The van der Waals surface area contributed by atoms with Gasteiger partial charge in [0.1, 0.15) is 6.04 Å². The van der Waals surface area contributed by atoms with E-state index in [4.69, 9.17) is 0 Å². The van der Waals surface area contributed by atoms with Crippen LogP contribution in [-0.2, 0) is 9.59 Å². The van der Waals surface area contributed by atoms with Gasteiger partial charge in [0.25, 0.3) is 0 Å². The average molecular weight is 312 g/mol. The number of amides is 2. The Morgan fingerprint density at radius 1 is 1.09 bits per heavy atom. The van der Waals surface area contributed by atoms with Crippen molar-refractivity contribution in [3.05, 3.63) is 0 Å². The van der Waals surface area contributed by atoms with Crippen molar-refractivity contribution in [3.8, 4) is 0 Å². The maximum Gasteiger partial charge on any atom is 0.242 e. The van der Waals surface area contributed by atoms with Gasteiger partial charge in [0, 0.05) is 6.42 Å². The SMILES string of the molecule is CC(C)CC(CO)NC(=O)C(C)NC(=O)CC1CCCCC1. The van der Waals surface area contributed by atoms with Crippen LogP contribution in [0.25, 0.3) is 0 Å². The van der Waals surface area contributed by atoms with Crippen molar-refractivity contribution >= 4 is 11.8 Å². The summed E-state index contributed by atoms with van der Waals surface area (Å²) in [6.45, 7) is 5.71. The molecule has 2 atom stereocenters. The number of hydrogen-bond acceptors (Lipinski definition) is 3. The smallest absolute Gasteiger partial charge is 0.242 e. The van der Waals surface area contributed by atoms with Crippen LogP contribution in [0.4, 0.5) is 0 Å². The molecule has 0 aromatic heterocycles. The second-order valence-electron chi connectivity index (χ2n) is 7.01. The van der Waals surface area contributed by atoms with Gasteiger partial charge in [0.05, 0.1) is 12.6 Å². The van der Waals surface area contributed by atoms with Crippen LogP contribution in [0.1, 0.15) is 65.7 Å². The number of carbonyl (C=O) groups is 2. The maximum absolute atomic E-state index is 12.1. The number of rotatable bonds is 8. The van der Waals surface area contributed by atoms with Crippen molar-refractivity contribution in [2.75, 3.05) is 6.61 Å². The van der Waals surface area contributed by atoms with Crippen molar-refractivity contribution in [2.24, 2.45) is 11.8 Å². The number of carbonyl (C=O) groups excluding carboxylic acids is 2. The number of aliphatic hydroxyl groups excluding tert-OH is 1. The maximum atomic E-state index is 12.1. The molecule has 1 fully saturated rings. The molecule has 0 saturated heterocycles. The molecule has 5 nitrogen and oxygen atoms in total. The van der Waals surface area contributed by atoms with Crippen molar-refractivity contribution < 1.29 is 14.7 Å². The van der Waals surface area contributed by atoms with Crippen LogP contribution in [0.2, 0.25) is 0 Å². The van der Waals surface area contributed by atoms with Gasteiger partial charge in [-0.15, -0.1) is 0 Å². The van der Waals surface area contributed by atoms with Gasteiger partial charge in [-0.25, -0.2) is 0 Å². The fourth-order valence-corrected chi connectivity index (χ4v) is 3.09. The molecule has 3 N–H and O–H groups in total. The summed E-state index contributed by atoms with van der Waals surface area (Å²) in [6.07, 6.45) is 7.18. The van der Waals surface area contributed by atoms with E-state index in [9.17, 15) is 14.7 Å². The molecule has 1 rings (SSSR count). The molecule has 0 bridgehead atoms. The molecule has 128 valence electrons. The predicted octanol–water partition coefficient (Wildman–Crippen LogP) is 1.98. The van der Waals surface area contributed by atoms with Crippen LogP contribution in [0.3, 0.4) is 0 Å². The standard InChI is InChI=1S/C17H32N2O3/c1-12(2)9-15(11-20)19-17(22)13(3)18-16(21)10-14-7-5-4-6-8-14/h12-15,20H,4-11H2,1-3H3,(H,18,21)(H,19,22). The Kier molecular flexibility index (Phi) is 8.46. The summed E-state index contributed by atoms with van der Waals surface area (Å²) in [5.41, 5.74) is 0. The van der Waals surface area contributed by atoms with Gasteiger partial charge in [0.2, 0.25) is 11.8 Å². The first-order chi connectivity index (χ1) is 10.4. The highest BCUT2D eigenvalue weighted by atomic mass is 16.3. The van der Waals surface area contributed by atoms with Gasteiger partial charge in [-0.3, -0.25) is 9.59 Å². The summed E-state index contributed by atoms with van der Waals surface area (Å²) in [5.74, 6) is 0.597. The molecule has 0 spiro atoms. The fourth-order valence-electron chi connectivity index (χ4n) is 3.09. The third-order valence-electron chi connectivity index (χ3n) is 4.29. The molecule has 0 aromatic rings. The van der Waals surface area contributed by atoms with E-state index in [1.807, 2.05) is 13.8 Å². The van der Waals surface area contributed by atoms with Crippen LogP contribution >= 0.6 is 0 Å². The lowest BCUT2D eigenvalue weighted by atomic mass is 9.87. The average Bonchev–Trinajstić information content (AvgIpc) is 2.46. The van der Waals surface area contributed by atoms with E-state index in [0.717, 1.165) is 19.3 Å². The van der Waals surface area contributed by atoms with E-state index >= 15 is 0 Å². The number of aliphatic hydroxyl groups is 1. The Bertz CT molecular complexity index is 352. The molecule has 2 unspecified atom stereocenters. The Morgan fingerprint density at radius 3 is 2.27 bits per heavy atom. The summed E-state index contributed by atoms with van der Waals surface area (Å²) in [6, 6.07) is -0.803. The molecule has 0 heterocycles. The molecule has 0 aromatic carbocycles. The van der Waals surface area contributed by atoms with Crippen molar-refractivity contribution in [1.29, 1.82) is 0 Å². The van der Waals surface area contributed by atoms with Gasteiger partial charge in [-0.1, -0.05) is 33.1 Å². The topological polar surface area (TPSA) is 78.4 Å². The Labute approximate surface area is 134 Å². The Balaban J connectivity index is 2.34. The zero-order valence-corrected chi connectivity index (χ0v) is 14.2. The summed E-state index contributed by atoms with van der Waals surface area (Å²) in [7, 11) is 0. The monoisotopic (exact) mass is 312 g/mol. The summed E-state index contributed by atoms with van der Waals surface area (Å²) in [5, 5.41) is 14.9. The van der Waals surface area contributed by atoms with E-state index < -0.39 is 6.04 Å². The quantitative estimate of drug-likeness (QED) is 0.641. The summed E-state index contributed by atoms with van der Waals surface area (Å²) < 4.78 is 0. The second-order valence-corrected chi connectivity index (χ2v) is 7.01. The van der Waals surface area contributed by atoms with Crippen LogP contribution in [0, 0.1) is 11.8 Å². The highest BCUT2D eigenvalue weighted by Crippen LogP contribution is 2.26. The van der Waals surface area contributed by atoms with Gasteiger partial charge in [0.15, 0.2) is 0 Å².